The molecule has 0 radical (unpaired) electrons. The number of aliphatic imine (C=N–C) groups is 1. The molecule has 0 amide bonds. The van der Waals surface area contributed by atoms with Crippen molar-refractivity contribution >= 4 is 35.6 Å². The number of morpholine rings is 1. The molecule has 0 bridgehead atoms. The highest BCUT2D eigenvalue weighted by molar-refractivity contribution is 14.0. The summed E-state index contributed by atoms with van der Waals surface area (Å²) in [4.78, 5) is 11.5. The van der Waals surface area contributed by atoms with Crippen LogP contribution in [0.25, 0.3) is 0 Å². The van der Waals surface area contributed by atoms with Gasteiger partial charge in [-0.3, -0.25) is 0 Å². The fourth-order valence-corrected chi connectivity index (χ4v) is 3.16. The topological polar surface area (TPSA) is 74.9 Å². The van der Waals surface area contributed by atoms with Crippen molar-refractivity contribution in [2.75, 3.05) is 37.7 Å². The van der Waals surface area contributed by atoms with Gasteiger partial charge in [0.05, 0.1) is 32.5 Å². The van der Waals surface area contributed by atoms with Gasteiger partial charge in [0.15, 0.2) is 5.96 Å². The lowest BCUT2D eigenvalue weighted by atomic mass is 9.94. The summed E-state index contributed by atoms with van der Waals surface area (Å²) >= 11 is 0. The van der Waals surface area contributed by atoms with Gasteiger partial charge in [0.25, 0.3) is 0 Å². The Kier molecular flexibility index (Phi) is 9.41. The largest absolute Gasteiger partial charge is 0.443 e. The minimum atomic E-state index is -0.0486. The highest BCUT2D eigenvalue weighted by Gasteiger charge is 2.19. The second-order valence-electron chi connectivity index (χ2n) is 8.15. The van der Waals surface area contributed by atoms with E-state index >= 15 is 0 Å². The molecule has 2 N–H and O–H groups in total. The van der Waals surface area contributed by atoms with Crippen LogP contribution < -0.4 is 15.5 Å². The molecule has 166 valence electrons. The highest BCUT2D eigenvalue weighted by Crippen LogP contribution is 2.23. The van der Waals surface area contributed by atoms with Crippen LogP contribution in [0.2, 0.25) is 0 Å². The Hall–Kier alpha value is -1.81. The van der Waals surface area contributed by atoms with Crippen molar-refractivity contribution in [1.82, 2.24) is 15.6 Å². The molecular formula is C22H34IN5O2. The van der Waals surface area contributed by atoms with Gasteiger partial charge in [-0.2, -0.15) is 0 Å². The number of aromatic nitrogens is 1. The number of hydrogen-bond acceptors (Lipinski definition) is 5. The molecule has 3 rings (SSSR count). The quantitative estimate of drug-likeness (QED) is 0.339. The van der Waals surface area contributed by atoms with Crippen molar-refractivity contribution < 1.29 is 9.15 Å². The molecule has 0 saturated carbocycles. The van der Waals surface area contributed by atoms with Crippen molar-refractivity contribution in [3.8, 4) is 0 Å². The Morgan fingerprint density at radius 1 is 1.17 bits per heavy atom. The molecule has 1 aliphatic rings. The van der Waals surface area contributed by atoms with Crippen LogP contribution in [0.15, 0.2) is 39.9 Å². The number of halogens is 1. The lowest BCUT2D eigenvalue weighted by Crippen LogP contribution is -2.37. The zero-order valence-electron chi connectivity index (χ0n) is 18.4. The van der Waals surface area contributed by atoms with E-state index in [2.05, 4.69) is 72.5 Å². The first-order valence-electron chi connectivity index (χ1n) is 10.4. The number of hydrogen-bond donors (Lipinski definition) is 2. The van der Waals surface area contributed by atoms with Gasteiger partial charge in [0, 0.05) is 30.7 Å². The van der Waals surface area contributed by atoms with E-state index in [9.17, 15) is 0 Å². The number of ether oxygens (including phenoxy) is 1. The smallest absolute Gasteiger partial charge is 0.213 e. The first-order chi connectivity index (χ1) is 14.0. The van der Waals surface area contributed by atoms with Crippen LogP contribution in [0.1, 0.15) is 44.9 Å². The van der Waals surface area contributed by atoms with E-state index in [1.807, 2.05) is 0 Å². The van der Waals surface area contributed by atoms with Crippen molar-refractivity contribution in [2.45, 2.75) is 46.2 Å². The van der Waals surface area contributed by atoms with Crippen LogP contribution in [0.3, 0.4) is 0 Å². The van der Waals surface area contributed by atoms with E-state index in [4.69, 9.17) is 14.1 Å². The van der Waals surface area contributed by atoms with Crippen LogP contribution in [0, 0.1) is 0 Å². The SMILES string of the molecule is CCNC(=NCc1ccccc1N1CCOCC1)NCc1ncc(C(C)(C)C)o1.I. The predicted octanol–water partition coefficient (Wildman–Crippen LogP) is 3.68. The minimum Gasteiger partial charge on any atom is -0.443 e. The zero-order chi connectivity index (χ0) is 20.7. The van der Waals surface area contributed by atoms with Gasteiger partial charge in [0.2, 0.25) is 5.89 Å². The number of anilines is 1. The molecule has 0 aliphatic carbocycles. The first kappa shape index (κ1) is 24.5. The number of oxazole rings is 1. The second kappa shape index (κ2) is 11.5. The number of rotatable bonds is 6. The maximum absolute atomic E-state index is 5.86. The van der Waals surface area contributed by atoms with E-state index in [0.29, 0.717) is 19.0 Å². The molecule has 0 unspecified atom stereocenters. The zero-order valence-corrected chi connectivity index (χ0v) is 20.7. The van der Waals surface area contributed by atoms with Gasteiger partial charge < -0.3 is 24.7 Å². The molecule has 8 heteroatoms. The summed E-state index contributed by atoms with van der Waals surface area (Å²) in [6.45, 7) is 13.7. The summed E-state index contributed by atoms with van der Waals surface area (Å²) in [6.07, 6.45) is 1.81. The molecule has 1 aliphatic heterocycles. The minimum absolute atomic E-state index is 0. The normalized spacial score (nSPS) is 14.9. The lowest BCUT2D eigenvalue weighted by Gasteiger charge is -2.30. The molecule has 2 aromatic rings. The molecule has 1 fully saturated rings. The number of nitrogens with one attached hydrogen (secondary N) is 2. The van der Waals surface area contributed by atoms with E-state index < -0.39 is 0 Å². The van der Waals surface area contributed by atoms with Gasteiger partial charge >= 0.3 is 0 Å². The monoisotopic (exact) mass is 527 g/mol. The van der Waals surface area contributed by atoms with Crippen molar-refractivity contribution in [1.29, 1.82) is 0 Å². The van der Waals surface area contributed by atoms with Crippen LogP contribution in [0.5, 0.6) is 0 Å². The van der Waals surface area contributed by atoms with E-state index in [1.54, 1.807) is 6.20 Å². The van der Waals surface area contributed by atoms with Crippen molar-refractivity contribution in [2.24, 2.45) is 4.99 Å². The third-order valence-electron chi connectivity index (χ3n) is 4.79. The molecule has 2 heterocycles. The average molecular weight is 527 g/mol. The third-order valence-corrected chi connectivity index (χ3v) is 4.79. The van der Waals surface area contributed by atoms with Gasteiger partial charge in [-0.05, 0) is 18.6 Å². The summed E-state index contributed by atoms with van der Waals surface area (Å²) < 4.78 is 11.3. The number of para-hydroxylation sites is 1. The van der Waals surface area contributed by atoms with E-state index in [1.165, 1.54) is 11.3 Å². The van der Waals surface area contributed by atoms with Crippen LogP contribution in [-0.2, 0) is 23.2 Å². The van der Waals surface area contributed by atoms with Crippen molar-refractivity contribution in [3.63, 3.8) is 0 Å². The lowest BCUT2D eigenvalue weighted by molar-refractivity contribution is 0.122. The van der Waals surface area contributed by atoms with Gasteiger partial charge in [-0.15, -0.1) is 24.0 Å². The van der Waals surface area contributed by atoms with E-state index in [0.717, 1.165) is 44.6 Å². The Bertz CT molecular complexity index is 810. The number of benzene rings is 1. The first-order valence-corrected chi connectivity index (χ1v) is 10.4. The maximum atomic E-state index is 5.86. The molecule has 30 heavy (non-hydrogen) atoms. The third kappa shape index (κ3) is 6.87. The van der Waals surface area contributed by atoms with Crippen LogP contribution in [0.4, 0.5) is 5.69 Å². The van der Waals surface area contributed by atoms with Crippen LogP contribution in [-0.4, -0.2) is 43.8 Å². The Morgan fingerprint density at radius 2 is 1.90 bits per heavy atom. The molecular weight excluding hydrogens is 493 g/mol. The summed E-state index contributed by atoms with van der Waals surface area (Å²) in [7, 11) is 0. The molecule has 0 spiro atoms. The van der Waals surface area contributed by atoms with Crippen LogP contribution >= 0.6 is 24.0 Å². The average Bonchev–Trinajstić information content (AvgIpc) is 3.21. The molecule has 7 nitrogen and oxygen atoms in total. The maximum Gasteiger partial charge on any atom is 0.213 e. The number of nitrogens with zero attached hydrogens (tertiary/aromatic N) is 3. The van der Waals surface area contributed by atoms with E-state index in [-0.39, 0.29) is 29.4 Å². The van der Waals surface area contributed by atoms with Gasteiger partial charge in [0.1, 0.15) is 5.76 Å². The predicted molar refractivity (Wildman–Crippen MR) is 132 cm³/mol. The fourth-order valence-electron chi connectivity index (χ4n) is 3.16. The molecule has 1 saturated heterocycles. The summed E-state index contributed by atoms with van der Waals surface area (Å²) in [5.74, 6) is 2.30. The summed E-state index contributed by atoms with van der Waals surface area (Å²) in [5, 5.41) is 6.62. The Morgan fingerprint density at radius 3 is 2.57 bits per heavy atom. The Labute approximate surface area is 196 Å². The van der Waals surface area contributed by atoms with Crippen molar-refractivity contribution in [3.05, 3.63) is 47.7 Å². The number of guanidine groups is 1. The summed E-state index contributed by atoms with van der Waals surface area (Å²) in [6, 6.07) is 8.45. The summed E-state index contributed by atoms with van der Waals surface area (Å²) in [5.41, 5.74) is 2.39. The van der Waals surface area contributed by atoms with Gasteiger partial charge in [-0.25, -0.2) is 9.98 Å². The van der Waals surface area contributed by atoms with Gasteiger partial charge in [-0.1, -0.05) is 39.0 Å². The highest BCUT2D eigenvalue weighted by atomic mass is 127. The molecule has 1 aromatic heterocycles. The Balaban J connectivity index is 0.00000320. The molecule has 0 atom stereocenters. The second-order valence-corrected chi connectivity index (χ2v) is 8.15. The standard InChI is InChI=1S/C22H33N5O2.HI/c1-5-23-21(26-16-20-24-15-19(29-20)22(2,3)4)25-14-17-8-6-7-9-18(17)27-10-12-28-13-11-27;/h6-9,15H,5,10-14,16H2,1-4H3,(H2,23,25,26);1H. The fraction of sp³-hybridized carbons (Fsp3) is 0.545. The molecule has 1 aromatic carbocycles.